The van der Waals surface area contributed by atoms with E-state index in [4.69, 9.17) is 0 Å². The third kappa shape index (κ3) is 2.90. The number of nitrogens with one attached hydrogen (secondary N) is 1. The highest BCUT2D eigenvalue weighted by Crippen LogP contribution is 2.35. The third-order valence-corrected chi connectivity index (χ3v) is 3.84. The van der Waals surface area contributed by atoms with E-state index >= 15 is 0 Å². The molecule has 0 saturated heterocycles. The number of hydrogen-bond acceptors (Lipinski definition) is 3. The Morgan fingerprint density at radius 1 is 0.962 bits per heavy atom. The number of halogens is 4. The van der Waals surface area contributed by atoms with Gasteiger partial charge in [0.15, 0.2) is 5.82 Å². The first kappa shape index (κ1) is 16.2. The average molecular weight is 358 g/mol. The van der Waals surface area contributed by atoms with Gasteiger partial charge in [0.2, 0.25) is 0 Å². The summed E-state index contributed by atoms with van der Waals surface area (Å²) >= 11 is 0. The molecule has 0 aliphatic rings. The molecule has 3 aromatic heterocycles. The molecule has 0 aliphatic heterocycles. The first-order valence-corrected chi connectivity index (χ1v) is 7.56. The van der Waals surface area contributed by atoms with Gasteiger partial charge in [-0.25, -0.2) is 9.37 Å². The highest BCUT2D eigenvalue weighted by molar-refractivity contribution is 5.79. The van der Waals surface area contributed by atoms with Gasteiger partial charge in [-0.3, -0.25) is 9.97 Å². The summed E-state index contributed by atoms with van der Waals surface area (Å²) in [5, 5.41) is 0. The van der Waals surface area contributed by atoms with Crippen LogP contribution in [-0.2, 0) is 6.18 Å². The fourth-order valence-electron chi connectivity index (χ4n) is 2.64. The monoisotopic (exact) mass is 358 g/mol. The number of aromatic amines is 1. The number of alkyl halides is 3. The predicted octanol–water partition coefficient (Wildman–Crippen LogP) is 4.84. The molecule has 0 atom stereocenters. The number of aromatic nitrogens is 4. The normalized spacial score (nSPS) is 11.8. The van der Waals surface area contributed by atoms with E-state index in [0.29, 0.717) is 22.6 Å². The molecule has 0 saturated carbocycles. The van der Waals surface area contributed by atoms with Crippen LogP contribution in [0.25, 0.3) is 33.8 Å². The molecule has 0 unspecified atom stereocenters. The topological polar surface area (TPSA) is 54.5 Å². The Morgan fingerprint density at radius 2 is 1.81 bits per heavy atom. The first-order valence-electron chi connectivity index (χ1n) is 7.56. The highest BCUT2D eigenvalue weighted by atomic mass is 19.4. The number of rotatable bonds is 2. The van der Waals surface area contributed by atoms with Crippen LogP contribution in [0.15, 0.2) is 54.9 Å². The molecule has 0 amide bonds. The lowest BCUT2D eigenvalue weighted by molar-refractivity contribution is -0.137. The van der Waals surface area contributed by atoms with Crippen LogP contribution in [0.2, 0.25) is 0 Å². The van der Waals surface area contributed by atoms with Gasteiger partial charge < -0.3 is 4.98 Å². The molecule has 0 spiro atoms. The van der Waals surface area contributed by atoms with Crippen LogP contribution in [0.3, 0.4) is 0 Å². The lowest BCUT2D eigenvalue weighted by atomic mass is 10.1. The van der Waals surface area contributed by atoms with E-state index in [1.54, 1.807) is 0 Å². The Bertz CT molecular complexity index is 1080. The van der Waals surface area contributed by atoms with Crippen molar-refractivity contribution in [3.8, 4) is 22.8 Å². The van der Waals surface area contributed by atoms with E-state index in [1.165, 1.54) is 48.8 Å². The van der Waals surface area contributed by atoms with Crippen molar-refractivity contribution < 1.29 is 17.6 Å². The molecule has 4 nitrogen and oxygen atoms in total. The Morgan fingerprint density at radius 3 is 2.54 bits per heavy atom. The number of fused-ring (bicyclic) bond motifs is 1. The summed E-state index contributed by atoms with van der Waals surface area (Å²) in [5.41, 5.74) is 0.726. The maximum atomic E-state index is 13.3. The summed E-state index contributed by atoms with van der Waals surface area (Å²) in [5.74, 6) is 0.0000508. The summed E-state index contributed by atoms with van der Waals surface area (Å²) in [7, 11) is 0. The molecule has 4 rings (SSSR count). The van der Waals surface area contributed by atoms with E-state index in [-0.39, 0.29) is 11.3 Å². The van der Waals surface area contributed by atoms with Gasteiger partial charge in [-0.2, -0.15) is 13.2 Å². The third-order valence-electron chi connectivity index (χ3n) is 3.84. The fraction of sp³-hybridized carbons (Fsp3) is 0.0556. The van der Waals surface area contributed by atoms with Gasteiger partial charge >= 0.3 is 6.18 Å². The van der Waals surface area contributed by atoms with Crippen molar-refractivity contribution in [3.05, 3.63) is 66.2 Å². The molecule has 3 heterocycles. The molecule has 26 heavy (non-hydrogen) atoms. The number of benzene rings is 1. The number of hydrogen-bond donors (Lipinski definition) is 1. The minimum atomic E-state index is -4.51. The Balaban J connectivity index is 1.73. The van der Waals surface area contributed by atoms with Crippen LogP contribution in [0.1, 0.15) is 5.56 Å². The van der Waals surface area contributed by atoms with Crippen LogP contribution < -0.4 is 0 Å². The van der Waals surface area contributed by atoms with Crippen LogP contribution in [0.4, 0.5) is 17.6 Å². The number of H-pyrrole nitrogens is 1. The molecule has 0 bridgehead atoms. The maximum Gasteiger partial charge on any atom is 0.418 e. The Labute approximate surface area is 144 Å². The van der Waals surface area contributed by atoms with Crippen molar-refractivity contribution in [2.24, 2.45) is 0 Å². The number of imidazole rings is 1. The van der Waals surface area contributed by atoms with Gasteiger partial charge in [0.25, 0.3) is 0 Å². The largest absolute Gasteiger partial charge is 0.418 e. The molecule has 8 heteroatoms. The molecule has 130 valence electrons. The summed E-state index contributed by atoms with van der Waals surface area (Å²) in [4.78, 5) is 15.2. The zero-order valence-corrected chi connectivity index (χ0v) is 13.0. The van der Waals surface area contributed by atoms with Crippen molar-refractivity contribution in [2.45, 2.75) is 6.18 Å². The second-order valence-corrected chi connectivity index (χ2v) is 5.58. The molecular weight excluding hydrogens is 348 g/mol. The van der Waals surface area contributed by atoms with Gasteiger partial charge in [0, 0.05) is 18.0 Å². The lowest BCUT2D eigenvalue weighted by Gasteiger charge is -2.11. The summed E-state index contributed by atoms with van der Waals surface area (Å²) in [6, 6.07) is 9.38. The first-order chi connectivity index (χ1) is 12.4. The second-order valence-electron chi connectivity index (χ2n) is 5.58. The second kappa shape index (κ2) is 5.91. The quantitative estimate of drug-likeness (QED) is 0.522. The summed E-state index contributed by atoms with van der Waals surface area (Å²) < 4.78 is 52.6. The van der Waals surface area contributed by atoms with Crippen LogP contribution in [0, 0.1) is 5.82 Å². The predicted molar refractivity (Wildman–Crippen MR) is 87.5 cm³/mol. The van der Waals surface area contributed by atoms with Gasteiger partial charge in [0.05, 0.1) is 22.3 Å². The van der Waals surface area contributed by atoms with Crippen molar-refractivity contribution in [2.75, 3.05) is 0 Å². The molecular formula is C18H10F4N4. The lowest BCUT2D eigenvalue weighted by Crippen LogP contribution is -2.08. The van der Waals surface area contributed by atoms with Gasteiger partial charge in [0.1, 0.15) is 11.5 Å². The van der Waals surface area contributed by atoms with Crippen LogP contribution >= 0.6 is 0 Å². The van der Waals surface area contributed by atoms with Crippen molar-refractivity contribution in [1.82, 2.24) is 19.9 Å². The van der Waals surface area contributed by atoms with Gasteiger partial charge in [-0.1, -0.05) is 0 Å². The molecule has 0 fully saturated rings. The summed E-state index contributed by atoms with van der Waals surface area (Å²) in [6.07, 6.45) is -1.90. The van der Waals surface area contributed by atoms with E-state index in [1.807, 2.05) is 0 Å². The van der Waals surface area contributed by atoms with Crippen molar-refractivity contribution in [3.63, 3.8) is 0 Å². The zero-order valence-electron chi connectivity index (χ0n) is 13.0. The van der Waals surface area contributed by atoms with E-state index in [0.717, 1.165) is 6.07 Å². The minimum Gasteiger partial charge on any atom is -0.337 e. The SMILES string of the molecule is Fc1ccc2nc(-c3ccc(-c4ncccc4C(F)(F)F)cn3)[nH]c2c1. The minimum absolute atomic E-state index is 0.189. The van der Waals surface area contributed by atoms with Gasteiger partial charge in [-0.05, 0) is 42.5 Å². The van der Waals surface area contributed by atoms with Crippen molar-refractivity contribution >= 4 is 11.0 Å². The molecule has 1 N–H and O–H groups in total. The molecule has 0 radical (unpaired) electrons. The Kier molecular flexibility index (Phi) is 3.68. The van der Waals surface area contributed by atoms with Crippen LogP contribution in [-0.4, -0.2) is 19.9 Å². The van der Waals surface area contributed by atoms with Gasteiger partial charge in [-0.15, -0.1) is 0 Å². The van der Waals surface area contributed by atoms with Crippen LogP contribution in [0.5, 0.6) is 0 Å². The smallest absolute Gasteiger partial charge is 0.337 e. The number of pyridine rings is 2. The molecule has 0 aliphatic carbocycles. The Hall–Kier alpha value is -3.29. The standard InChI is InChI=1S/C18H10F4N4/c19-11-4-6-13-15(8-11)26-17(25-13)14-5-3-10(9-24-14)16-12(18(20,21)22)2-1-7-23-16/h1-9H,(H,25,26). The van der Waals surface area contributed by atoms with E-state index in [9.17, 15) is 17.6 Å². The molecule has 1 aromatic carbocycles. The molecule has 4 aromatic rings. The van der Waals surface area contributed by atoms with E-state index in [2.05, 4.69) is 19.9 Å². The van der Waals surface area contributed by atoms with E-state index < -0.39 is 17.6 Å². The highest BCUT2D eigenvalue weighted by Gasteiger charge is 2.34. The van der Waals surface area contributed by atoms with Crippen molar-refractivity contribution in [1.29, 1.82) is 0 Å². The maximum absolute atomic E-state index is 13.3. The summed E-state index contributed by atoms with van der Waals surface area (Å²) in [6.45, 7) is 0. The number of nitrogens with zero attached hydrogens (tertiary/aromatic N) is 3. The average Bonchev–Trinajstić information content (AvgIpc) is 3.04. The zero-order chi connectivity index (χ0) is 18.3. The fourth-order valence-corrected chi connectivity index (χ4v) is 2.64.